The molecule has 2 amide bonds. The van der Waals surface area contributed by atoms with Crippen molar-refractivity contribution in [3.63, 3.8) is 0 Å². The summed E-state index contributed by atoms with van der Waals surface area (Å²) >= 11 is 0. The fourth-order valence-corrected chi connectivity index (χ4v) is 1.59. The minimum absolute atomic E-state index is 0.191. The van der Waals surface area contributed by atoms with Crippen LogP contribution in [0.5, 0.6) is 11.5 Å². The lowest BCUT2D eigenvalue weighted by molar-refractivity contribution is -0.120. The van der Waals surface area contributed by atoms with Crippen molar-refractivity contribution in [3.05, 3.63) is 23.8 Å². The Balaban J connectivity index is 2.49. The number of nitriles is 1. The average molecular weight is 291 g/mol. The molecule has 0 saturated heterocycles. The van der Waals surface area contributed by atoms with Gasteiger partial charge >= 0.3 is 0 Å². The molecular formula is C14H17N3O4. The molecule has 1 rings (SSSR count). The van der Waals surface area contributed by atoms with Crippen LogP contribution in [0.3, 0.4) is 0 Å². The van der Waals surface area contributed by atoms with E-state index in [-0.39, 0.29) is 31.3 Å². The van der Waals surface area contributed by atoms with Crippen molar-refractivity contribution in [2.24, 2.45) is 0 Å². The van der Waals surface area contributed by atoms with E-state index in [0.29, 0.717) is 17.1 Å². The standard InChI is InChI=1S/C14H17N3O4/c1-20-11-4-3-10(9-12(11)21-2)14(19)17-8-7-16-13(18)5-6-15/h3-4,9H,5,7-8H2,1-2H3,(H,16,18)(H,17,19). The van der Waals surface area contributed by atoms with Crippen LogP contribution in [0.25, 0.3) is 0 Å². The molecule has 112 valence electrons. The highest BCUT2D eigenvalue weighted by Crippen LogP contribution is 2.27. The molecule has 7 heteroatoms. The molecule has 21 heavy (non-hydrogen) atoms. The summed E-state index contributed by atoms with van der Waals surface area (Å²) in [6.45, 7) is 0.532. The minimum Gasteiger partial charge on any atom is -0.493 e. The summed E-state index contributed by atoms with van der Waals surface area (Å²) in [4.78, 5) is 22.9. The number of amides is 2. The van der Waals surface area contributed by atoms with Crippen LogP contribution < -0.4 is 20.1 Å². The zero-order chi connectivity index (χ0) is 15.7. The van der Waals surface area contributed by atoms with E-state index in [9.17, 15) is 9.59 Å². The van der Waals surface area contributed by atoms with Crippen molar-refractivity contribution >= 4 is 11.8 Å². The summed E-state index contributed by atoms with van der Waals surface area (Å²) in [6, 6.07) is 6.57. The van der Waals surface area contributed by atoms with Gasteiger partial charge in [0.25, 0.3) is 5.91 Å². The number of benzene rings is 1. The Bertz CT molecular complexity index is 552. The number of methoxy groups -OCH3 is 2. The second kappa shape index (κ2) is 8.43. The van der Waals surface area contributed by atoms with Crippen LogP contribution >= 0.6 is 0 Å². The number of carbonyl (C=O) groups is 2. The maximum atomic E-state index is 11.9. The molecule has 0 heterocycles. The van der Waals surface area contributed by atoms with Gasteiger partial charge in [-0.3, -0.25) is 9.59 Å². The highest BCUT2D eigenvalue weighted by Gasteiger charge is 2.10. The first-order valence-electron chi connectivity index (χ1n) is 6.26. The van der Waals surface area contributed by atoms with Crippen molar-refractivity contribution in [2.45, 2.75) is 6.42 Å². The van der Waals surface area contributed by atoms with E-state index >= 15 is 0 Å². The summed E-state index contributed by atoms with van der Waals surface area (Å²) in [5, 5.41) is 13.5. The molecule has 2 N–H and O–H groups in total. The highest BCUT2D eigenvalue weighted by molar-refractivity contribution is 5.94. The monoisotopic (exact) mass is 291 g/mol. The first-order valence-corrected chi connectivity index (χ1v) is 6.26. The van der Waals surface area contributed by atoms with E-state index in [4.69, 9.17) is 14.7 Å². The number of nitrogens with zero attached hydrogens (tertiary/aromatic N) is 1. The lowest BCUT2D eigenvalue weighted by Crippen LogP contribution is -2.34. The molecule has 0 unspecified atom stereocenters. The summed E-state index contributed by atoms with van der Waals surface area (Å²) in [5.41, 5.74) is 0.427. The van der Waals surface area contributed by atoms with Crippen LogP contribution in [0, 0.1) is 11.3 Å². The maximum Gasteiger partial charge on any atom is 0.251 e. The Hall–Kier alpha value is -2.75. The number of rotatable bonds is 7. The van der Waals surface area contributed by atoms with Gasteiger partial charge in [0, 0.05) is 18.7 Å². The summed E-state index contributed by atoms with van der Waals surface area (Å²) in [6.07, 6.45) is -0.191. The topological polar surface area (TPSA) is 100 Å². The normalized spacial score (nSPS) is 9.38. The van der Waals surface area contributed by atoms with Gasteiger partial charge in [-0.25, -0.2) is 0 Å². The summed E-state index contributed by atoms with van der Waals surface area (Å²) in [5.74, 6) is 0.355. The van der Waals surface area contributed by atoms with Crippen LogP contribution in [0.15, 0.2) is 18.2 Å². The summed E-state index contributed by atoms with van der Waals surface area (Å²) < 4.78 is 10.2. The molecule has 0 radical (unpaired) electrons. The zero-order valence-corrected chi connectivity index (χ0v) is 11.9. The molecule has 1 aromatic carbocycles. The molecular weight excluding hydrogens is 274 g/mol. The van der Waals surface area contributed by atoms with Crippen molar-refractivity contribution in [3.8, 4) is 17.6 Å². The Kier molecular flexibility index (Phi) is 6.54. The predicted octanol–water partition coefficient (Wildman–Crippen LogP) is 0.463. The number of ether oxygens (including phenoxy) is 2. The fourth-order valence-electron chi connectivity index (χ4n) is 1.59. The lowest BCUT2D eigenvalue weighted by atomic mass is 10.2. The van der Waals surface area contributed by atoms with E-state index < -0.39 is 0 Å². The van der Waals surface area contributed by atoms with Crippen LogP contribution in [-0.2, 0) is 4.79 Å². The average Bonchev–Trinajstić information content (AvgIpc) is 2.50. The quantitative estimate of drug-likeness (QED) is 0.711. The molecule has 0 fully saturated rings. The van der Waals surface area contributed by atoms with Crippen LogP contribution in [-0.4, -0.2) is 39.1 Å². The second-order valence-corrected chi connectivity index (χ2v) is 4.01. The minimum atomic E-state index is -0.363. The van der Waals surface area contributed by atoms with Crippen LogP contribution in [0.1, 0.15) is 16.8 Å². The van der Waals surface area contributed by atoms with Crippen molar-refractivity contribution in [1.29, 1.82) is 5.26 Å². The van der Waals surface area contributed by atoms with E-state index in [0.717, 1.165) is 0 Å². The van der Waals surface area contributed by atoms with Gasteiger partial charge in [-0.1, -0.05) is 0 Å². The third kappa shape index (κ3) is 5.03. The van der Waals surface area contributed by atoms with E-state index in [1.165, 1.54) is 14.2 Å². The summed E-state index contributed by atoms with van der Waals surface area (Å²) in [7, 11) is 3.01. The predicted molar refractivity (Wildman–Crippen MR) is 75.1 cm³/mol. The molecule has 0 aliphatic rings. The van der Waals surface area contributed by atoms with E-state index in [1.54, 1.807) is 24.3 Å². The van der Waals surface area contributed by atoms with Crippen LogP contribution in [0.2, 0.25) is 0 Å². The third-order valence-corrected chi connectivity index (χ3v) is 2.62. The van der Waals surface area contributed by atoms with Crippen molar-refractivity contribution in [1.82, 2.24) is 10.6 Å². The molecule has 7 nitrogen and oxygen atoms in total. The number of hydrogen-bond donors (Lipinski definition) is 2. The SMILES string of the molecule is COc1ccc(C(=O)NCCNC(=O)CC#N)cc1OC. The van der Waals surface area contributed by atoms with Crippen molar-refractivity contribution < 1.29 is 19.1 Å². The van der Waals surface area contributed by atoms with Gasteiger partial charge in [-0.15, -0.1) is 0 Å². The Morgan fingerprint density at radius 2 is 1.81 bits per heavy atom. The molecule has 0 spiro atoms. The van der Waals surface area contributed by atoms with Gasteiger partial charge in [0.15, 0.2) is 11.5 Å². The van der Waals surface area contributed by atoms with Gasteiger partial charge in [0.2, 0.25) is 5.91 Å². The molecule has 0 aliphatic carbocycles. The fraction of sp³-hybridized carbons (Fsp3) is 0.357. The van der Waals surface area contributed by atoms with Crippen molar-refractivity contribution in [2.75, 3.05) is 27.3 Å². The number of nitrogens with one attached hydrogen (secondary N) is 2. The second-order valence-electron chi connectivity index (χ2n) is 4.01. The maximum absolute atomic E-state index is 11.9. The van der Waals surface area contributed by atoms with Gasteiger partial charge in [-0.2, -0.15) is 5.26 Å². The largest absolute Gasteiger partial charge is 0.493 e. The Morgan fingerprint density at radius 1 is 1.14 bits per heavy atom. The molecule has 1 aromatic rings. The number of carbonyl (C=O) groups excluding carboxylic acids is 2. The molecule has 0 aromatic heterocycles. The zero-order valence-electron chi connectivity index (χ0n) is 11.9. The Morgan fingerprint density at radius 3 is 2.43 bits per heavy atom. The van der Waals surface area contributed by atoms with Gasteiger partial charge in [0.1, 0.15) is 6.42 Å². The molecule has 0 saturated carbocycles. The van der Waals surface area contributed by atoms with Gasteiger partial charge in [-0.05, 0) is 18.2 Å². The van der Waals surface area contributed by atoms with E-state index in [2.05, 4.69) is 10.6 Å². The van der Waals surface area contributed by atoms with E-state index in [1.807, 2.05) is 0 Å². The smallest absolute Gasteiger partial charge is 0.251 e. The van der Waals surface area contributed by atoms with Crippen LogP contribution in [0.4, 0.5) is 0 Å². The number of hydrogen-bond acceptors (Lipinski definition) is 5. The molecule has 0 bridgehead atoms. The molecule has 0 aliphatic heterocycles. The highest BCUT2D eigenvalue weighted by atomic mass is 16.5. The first-order chi connectivity index (χ1) is 10.1. The Labute approximate surface area is 122 Å². The van der Waals surface area contributed by atoms with Gasteiger partial charge in [0.05, 0.1) is 20.3 Å². The first kappa shape index (κ1) is 16.3. The molecule has 0 atom stereocenters. The van der Waals surface area contributed by atoms with Gasteiger partial charge < -0.3 is 20.1 Å². The lowest BCUT2D eigenvalue weighted by Gasteiger charge is -2.10. The third-order valence-electron chi connectivity index (χ3n) is 2.62.